The van der Waals surface area contributed by atoms with Crippen molar-refractivity contribution < 1.29 is 9.59 Å². The Kier molecular flexibility index (Phi) is 3.66. The molecule has 5 nitrogen and oxygen atoms in total. The Morgan fingerprint density at radius 2 is 2.29 bits per heavy atom. The molecule has 1 unspecified atom stereocenters. The van der Waals surface area contributed by atoms with E-state index in [9.17, 15) is 9.59 Å². The molecule has 2 saturated heterocycles. The van der Waals surface area contributed by atoms with E-state index in [4.69, 9.17) is 0 Å². The zero-order chi connectivity index (χ0) is 12.4. The Morgan fingerprint density at radius 1 is 1.53 bits per heavy atom. The monoisotopic (exact) mass is 239 g/mol. The number of carbonyl (C=O) groups is 2. The number of nitrogens with zero attached hydrogens (tertiary/aromatic N) is 2. The smallest absolute Gasteiger partial charge is 0.228 e. The van der Waals surface area contributed by atoms with Crippen LogP contribution in [0.25, 0.3) is 0 Å². The van der Waals surface area contributed by atoms with Crippen LogP contribution in [-0.2, 0) is 9.59 Å². The molecule has 17 heavy (non-hydrogen) atoms. The Morgan fingerprint density at radius 3 is 2.88 bits per heavy atom. The van der Waals surface area contributed by atoms with Crippen molar-refractivity contribution in [2.24, 2.45) is 5.92 Å². The van der Waals surface area contributed by atoms with E-state index < -0.39 is 0 Å². The highest BCUT2D eigenvalue weighted by atomic mass is 16.2. The van der Waals surface area contributed by atoms with E-state index >= 15 is 0 Å². The summed E-state index contributed by atoms with van der Waals surface area (Å²) in [6, 6.07) is 0.238. The first kappa shape index (κ1) is 12.4. The molecule has 0 radical (unpaired) electrons. The molecule has 2 heterocycles. The quantitative estimate of drug-likeness (QED) is 0.718. The van der Waals surface area contributed by atoms with Crippen molar-refractivity contribution in [3.63, 3.8) is 0 Å². The second kappa shape index (κ2) is 5.04. The average molecular weight is 239 g/mol. The van der Waals surface area contributed by atoms with Crippen LogP contribution in [0.3, 0.4) is 0 Å². The van der Waals surface area contributed by atoms with Crippen LogP contribution >= 0.6 is 0 Å². The number of rotatable bonds is 2. The average Bonchev–Trinajstić information content (AvgIpc) is 2.70. The molecular weight excluding hydrogens is 218 g/mol. The van der Waals surface area contributed by atoms with Crippen molar-refractivity contribution in [3.05, 3.63) is 0 Å². The summed E-state index contributed by atoms with van der Waals surface area (Å²) in [7, 11) is 0. The van der Waals surface area contributed by atoms with Gasteiger partial charge in [0.05, 0.1) is 5.92 Å². The summed E-state index contributed by atoms with van der Waals surface area (Å²) in [5, 5.41) is 3.27. The number of amides is 2. The first-order valence-corrected chi connectivity index (χ1v) is 6.42. The van der Waals surface area contributed by atoms with E-state index in [1.807, 2.05) is 11.8 Å². The number of hydrogen-bond donors (Lipinski definition) is 1. The number of nitrogens with one attached hydrogen (secondary N) is 1. The van der Waals surface area contributed by atoms with Crippen LogP contribution in [0.4, 0.5) is 0 Å². The molecular formula is C12H21N3O2. The molecule has 2 atom stereocenters. The summed E-state index contributed by atoms with van der Waals surface area (Å²) >= 11 is 0. The van der Waals surface area contributed by atoms with Gasteiger partial charge in [-0.3, -0.25) is 9.59 Å². The normalized spacial score (nSPS) is 29.9. The van der Waals surface area contributed by atoms with Crippen LogP contribution in [0.2, 0.25) is 0 Å². The lowest BCUT2D eigenvalue weighted by molar-refractivity contribution is -0.138. The highest BCUT2D eigenvalue weighted by Gasteiger charge is 2.37. The zero-order valence-corrected chi connectivity index (χ0v) is 10.6. The second-order valence-corrected chi connectivity index (χ2v) is 4.92. The number of piperazine rings is 1. The molecule has 0 saturated carbocycles. The minimum atomic E-state index is -0.122. The van der Waals surface area contributed by atoms with Crippen molar-refractivity contribution in [3.8, 4) is 0 Å². The van der Waals surface area contributed by atoms with E-state index in [0.717, 1.165) is 19.6 Å². The number of hydrogen-bond acceptors (Lipinski definition) is 3. The molecule has 2 fully saturated rings. The van der Waals surface area contributed by atoms with Crippen LogP contribution in [0.1, 0.15) is 20.3 Å². The fourth-order valence-corrected chi connectivity index (χ4v) is 2.65. The molecule has 2 rings (SSSR count). The Balaban J connectivity index is 1.98. The molecule has 96 valence electrons. The van der Waals surface area contributed by atoms with Crippen LogP contribution in [0.5, 0.6) is 0 Å². The number of likely N-dealkylation sites (tertiary alicyclic amines) is 1. The van der Waals surface area contributed by atoms with E-state index in [1.165, 1.54) is 0 Å². The van der Waals surface area contributed by atoms with Gasteiger partial charge in [0, 0.05) is 45.2 Å². The van der Waals surface area contributed by atoms with Gasteiger partial charge in [-0.25, -0.2) is 0 Å². The van der Waals surface area contributed by atoms with Gasteiger partial charge < -0.3 is 15.1 Å². The lowest BCUT2D eigenvalue weighted by atomic mass is 10.1. The zero-order valence-electron chi connectivity index (χ0n) is 10.6. The SMILES string of the molecule is CCN1CC(C(=O)N2CCNC[C@@H]2C)CC1=O. The van der Waals surface area contributed by atoms with Crippen molar-refractivity contribution in [1.82, 2.24) is 15.1 Å². The Bertz CT molecular complexity index is 319. The maximum absolute atomic E-state index is 12.3. The highest BCUT2D eigenvalue weighted by Crippen LogP contribution is 2.21. The van der Waals surface area contributed by atoms with Crippen LogP contribution in [0.15, 0.2) is 0 Å². The first-order valence-electron chi connectivity index (χ1n) is 6.42. The molecule has 0 aromatic rings. The summed E-state index contributed by atoms with van der Waals surface area (Å²) in [6.45, 7) is 7.79. The predicted octanol–water partition coefficient (Wildman–Crippen LogP) is -0.325. The van der Waals surface area contributed by atoms with Gasteiger partial charge in [-0.1, -0.05) is 0 Å². The molecule has 0 spiro atoms. The Labute approximate surface area is 102 Å². The molecule has 0 aliphatic carbocycles. The predicted molar refractivity (Wildman–Crippen MR) is 64.4 cm³/mol. The molecule has 0 bridgehead atoms. The van der Waals surface area contributed by atoms with Gasteiger partial charge in [0.1, 0.15) is 0 Å². The van der Waals surface area contributed by atoms with Crippen LogP contribution in [-0.4, -0.2) is 60.4 Å². The van der Waals surface area contributed by atoms with Gasteiger partial charge in [-0.15, -0.1) is 0 Å². The van der Waals surface area contributed by atoms with Crippen LogP contribution < -0.4 is 5.32 Å². The maximum Gasteiger partial charge on any atom is 0.228 e. The molecule has 2 amide bonds. The third kappa shape index (κ3) is 2.44. The van der Waals surface area contributed by atoms with Crippen LogP contribution in [0, 0.1) is 5.92 Å². The van der Waals surface area contributed by atoms with Gasteiger partial charge in [0.25, 0.3) is 0 Å². The van der Waals surface area contributed by atoms with E-state index in [2.05, 4.69) is 12.2 Å². The van der Waals surface area contributed by atoms with Gasteiger partial charge in [-0.05, 0) is 13.8 Å². The molecule has 1 N–H and O–H groups in total. The van der Waals surface area contributed by atoms with Crippen molar-refractivity contribution in [2.75, 3.05) is 32.7 Å². The van der Waals surface area contributed by atoms with E-state index in [1.54, 1.807) is 4.90 Å². The molecule has 2 aliphatic heterocycles. The summed E-state index contributed by atoms with van der Waals surface area (Å²) < 4.78 is 0. The molecule has 2 aliphatic rings. The van der Waals surface area contributed by atoms with Gasteiger partial charge in [0.15, 0.2) is 0 Å². The third-order valence-corrected chi connectivity index (χ3v) is 3.73. The molecule has 5 heteroatoms. The largest absolute Gasteiger partial charge is 0.342 e. The minimum Gasteiger partial charge on any atom is -0.342 e. The topological polar surface area (TPSA) is 52.7 Å². The summed E-state index contributed by atoms with van der Waals surface area (Å²) in [5.74, 6) is 0.153. The summed E-state index contributed by atoms with van der Waals surface area (Å²) in [5.41, 5.74) is 0. The summed E-state index contributed by atoms with van der Waals surface area (Å²) in [6.07, 6.45) is 0.392. The second-order valence-electron chi connectivity index (χ2n) is 4.92. The third-order valence-electron chi connectivity index (χ3n) is 3.73. The maximum atomic E-state index is 12.3. The number of carbonyl (C=O) groups excluding carboxylic acids is 2. The van der Waals surface area contributed by atoms with Gasteiger partial charge in [-0.2, -0.15) is 0 Å². The van der Waals surface area contributed by atoms with Crippen molar-refractivity contribution in [2.45, 2.75) is 26.3 Å². The van der Waals surface area contributed by atoms with Crippen molar-refractivity contribution >= 4 is 11.8 Å². The fourth-order valence-electron chi connectivity index (χ4n) is 2.65. The van der Waals surface area contributed by atoms with Gasteiger partial charge >= 0.3 is 0 Å². The standard InChI is InChI=1S/C12H21N3O2/c1-3-14-8-10(6-11(14)16)12(17)15-5-4-13-7-9(15)2/h9-10,13H,3-8H2,1-2H3/t9-,10?/m0/s1. The Hall–Kier alpha value is -1.10. The highest BCUT2D eigenvalue weighted by molar-refractivity contribution is 5.89. The van der Waals surface area contributed by atoms with Crippen molar-refractivity contribution in [1.29, 1.82) is 0 Å². The fraction of sp³-hybridized carbons (Fsp3) is 0.833. The first-order chi connectivity index (χ1) is 8.13. The minimum absolute atomic E-state index is 0.119. The van der Waals surface area contributed by atoms with E-state index in [-0.39, 0.29) is 23.8 Å². The molecule has 0 aromatic carbocycles. The molecule has 0 aromatic heterocycles. The van der Waals surface area contributed by atoms with E-state index in [0.29, 0.717) is 19.5 Å². The lowest BCUT2D eigenvalue weighted by Gasteiger charge is -2.35. The summed E-state index contributed by atoms with van der Waals surface area (Å²) in [4.78, 5) is 27.7. The van der Waals surface area contributed by atoms with Gasteiger partial charge in [0.2, 0.25) is 11.8 Å². The lowest BCUT2D eigenvalue weighted by Crippen LogP contribution is -2.54.